The first kappa shape index (κ1) is 22.3. The molecule has 0 radical (unpaired) electrons. The van der Waals surface area contributed by atoms with Crippen LogP contribution in [0.15, 0.2) is 12.2 Å². The Balaban J connectivity index is 1.86. The number of rotatable bonds is 11. The summed E-state index contributed by atoms with van der Waals surface area (Å²) in [7, 11) is 0. The fourth-order valence-corrected chi connectivity index (χ4v) is 4.54. The third kappa shape index (κ3) is 6.24. The van der Waals surface area contributed by atoms with E-state index in [1.807, 2.05) is 6.92 Å². The molecule has 2 fully saturated rings. The quantitative estimate of drug-likeness (QED) is 0.394. The lowest BCUT2D eigenvalue weighted by Crippen LogP contribution is -2.32. The fourth-order valence-electron chi connectivity index (χ4n) is 4.54. The van der Waals surface area contributed by atoms with E-state index in [0.717, 1.165) is 25.7 Å². The van der Waals surface area contributed by atoms with E-state index in [4.69, 9.17) is 9.84 Å². The summed E-state index contributed by atoms with van der Waals surface area (Å²) >= 11 is 0. The van der Waals surface area contributed by atoms with E-state index in [-0.39, 0.29) is 31.0 Å². The summed E-state index contributed by atoms with van der Waals surface area (Å²) in [4.78, 5) is 10.6. The number of aliphatic hydroxyl groups is 1. The smallest absolute Gasteiger partial charge is 0.303 e. The number of fused-ring (bicyclic) bond motifs is 1. The monoisotopic (exact) mass is 388 g/mol. The number of unbranched alkanes of at least 4 members (excludes halogenated alkanes) is 2. The van der Waals surface area contributed by atoms with Crippen molar-refractivity contribution in [3.05, 3.63) is 12.2 Å². The van der Waals surface area contributed by atoms with Gasteiger partial charge >= 0.3 is 5.97 Å². The highest BCUT2D eigenvalue weighted by Gasteiger charge is 2.47. The van der Waals surface area contributed by atoms with Gasteiger partial charge in [0.2, 0.25) is 0 Å². The number of aliphatic hydroxyl groups excluding tert-OH is 1. The number of hydrogen-bond donors (Lipinski definition) is 2. The van der Waals surface area contributed by atoms with Gasteiger partial charge in [-0.1, -0.05) is 38.8 Å². The first-order chi connectivity index (χ1) is 12.7. The molecule has 1 saturated carbocycles. The maximum Gasteiger partial charge on any atom is 0.303 e. The molecule has 1 heterocycles. The second-order valence-electron chi connectivity index (χ2n) is 8.32. The first-order valence-corrected chi connectivity index (χ1v) is 10.4. The third-order valence-corrected chi connectivity index (χ3v) is 6.11. The number of carbonyl (C=O) groups is 1. The summed E-state index contributed by atoms with van der Waals surface area (Å²) in [5.41, 5.74) is 0. The van der Waals surface area contributed by atoms with E-state index in [2.05, 4.69) is 6.92 Å². The molecule has 4 nitrogen and oxygen atoms in total. The van der Waals surface area contributed by atoms with Crippen LogP contribution in [-0.4, -0.2) is 40.4 Å². The number of aliphatic carboxylic acids is 1. The maximum atomic E-state index is 14.0. The summed E-state index contributed by atoms with van der Waals surface area (Å²) in [6.45, 7) is 3.97. The second kappa shape index (κ2) is 9.97. The summed E-state index contributed by atoms with van der Waals surface area (Å²) in [5, 5.41) is 18.6. The number of ether oxygens (including phenoxy) is 1. The molecule has 0 unspecified atom stereocenters. The Labute approximate surface area is 161 Å². The molecule has 0 aromatic heterocycles. The average molecular weight is 388 g/mol. The van der Waals surface area contributed by atoms with E-state index >= 15 is 0 Å². The van der Waals surface area contributed by atoms with Crippen molar-refractivity contribution in [2.45, 2.75) is 95.9 Å². The molecule has 6 heteroatoms. The Bertz CT molecular complexity index is 508. The van der Waals surface area contributed by atoms with Crippen LogP contribution in [0.4, 0.5) is 8.78 Å². The van der Waals surface area contributed by atoms with Gasteiger partial charge in [-0.3, -0.25) is 4.79 Å². The van der Waals surface area contributed by atoms with Gasteiger partial charge in [-0.2, -0.15) is 0 Å². The number of alkyl halides is 2. The predicted octanol–water partition coefficient (Wildman–Crippen LogP) is 4.80. The van der Waals surface area contributed by atoms with Crippen LogP contribution in [0.3, 0.4) is 0 Å². The summed E-state index contributed by atoms with van der Waals surface area (Å²) in [6.07, 6.45) is 6.74. The third-order valence-electron chi connectivity index (χ3n) is 6.11. The zero-order valence-electron chi connectivity index (χ0n) is 16.4. The Morgan fingerprint density at radius 2 is 2.04 bits per heavy atom. The molecule has 0 bridgehead atoms. The van der Waals surface area contributed by atoms with Crippen LogP contribution < -0.4 is 0 Å². The Kier molecular flexibility index (Phi) is 8.22. The van der Waals surface area contributed by atoms with Crippen LogP contribution in [0.25, 0.3) is 0 Å². The van der Waals surface area contributed by atoms with Crippen molar-refractivity contribution in [2.24, 2.45) is 17.8 Å². The molecular formula is C21H34F2O4. The van der Waals surface area contributed by atoms with Gasteiger partial charge in [0.05, 0.1) is 12.2 Å². The van der Waals surface area contributed by atoms with Crippen LogP contribution in [0.2, 0.25) is 0 Å². The molecule has 6 atom stereocenters. The topological polar surface area (TPSA) is 66.8 Å². The molecule has 27 heavy (non-hydrogen) atoms. The standard InChI is InChI=1S/C21H34F2O4/c1-3-4-11-21(22,23)19(24)10-9-16-14(2)12-18-17(16)13-15(27-18)7-5-6-8-20(25)26/h9-10,14-19,24H,3-8,11-13H2,1-2H3,(H,25,26)/t14-,15+,16-,17-,18+,19-/m1/s1. The highest BCUT2D eigenvalue weighted by atomic mass is 19.3. The van der Waals surface area contributed by atoms with Crippen molar-refractivity contribution in [1.29, 1.82) is 0 Å². The fraction of sp³-hybridized carbons (Fsp3) is 0.857. The second-order valence-corrected chi connectivity index (χ2v) is 8.32. The molecule has 2 rings (SSSR count). The molecule has 1 aliphatic heterocycles. The highest BCUT2D eigenvalue weighted by Crippen LogP contribution is 2.48. The minimum atomic E-state index is -3.08. The molecule has 0 spiro atoms. The number of allylic oxidation sites excluding steroid dienone is 1. The molecule has 2 N–H and O–H groups in total. The van der Waals surface area contributed by atoms with Crippen molar-refractivity contribution in [3.8, 4) is 0 Å². The number of halogens is 2. The Morgan fingerprint density at radius 1 is 1.30 bits per heavy atom. The summed E-state index contributed by atoms with van der Waals surface area (Å²) in [5.74, 6) is -3.05. The first-order valence-electron chi connectivity index (χ1n) is 10.4. The minimum absolute atomic E-state index is 0.133. The van der Waals surface area contributed by atoms with Gasteiger partial charge in [0.25, 0.3) is 5.92 Å². The minimum Gasteiger partial charge on any atom is -0.481 e. The number of carboxylic acid groups (broad SMARTS) is 1. The zero-order chi connectivity index (χ0) is 20.0. The van der Waals surface area contributed by atoms with Crippen LogP contribution in [0.1, 0.15) is 71.6 Å². The molecule has 156 valence electrons. The molecule has 0 amide bonds. The predicted molar refractivity (Wildman–Crippen MR) is 99.8 cm³/mol. The van der Waals surface area contributed by atoms with Gasteiger partial charge in [-0.25, -0.2) is 8.78 Å². The molecule has 2 aliphatic rings. The van der Waals surface area contributed by atoms with Gasteiger partial charge in [-0.15, -0.1) is 0 Å². The van der Waals surface area contributed by atoms with Crippen molar-refractivity contribution in [3.63, 3.8) is 0 Å². The van der Waals surface area contributed by atoms with E-state index in [0.29, 0.717) is 31.1 Å². The SMILES string of the molecule is CCCCC(F)(F)[C@H](O)C=C[C@H]1[C@H]2C[C@H](CCCCC(=O)O)O[C@H]2C[C@H]1C. The maximum absolute atomic E-state index is 14.0. The molecule has 0 aromatic carbocycles. The zero-order valence-corrected chi connectivity index (χ0v) is 16.4. The average Bonchev–Trinajstić information content (AvgIpc) is 3.11. The highest BCUT2D eigenvalue weighted by molar-refractivity contribution is 5.66. The summed E-state index contributed by atoms with van der Waals surface area (Å²) < 4.78 is 34.1. The number of hydrogen-bond acceptors (Lipinski definition) is 3. The normalized spacial score (nSPS) is 32.1. The van der Waals surface area contributed by atoms with E-state index < -0.39 is 18.0 Å². The van der Waals surface area contributed by atoms with Crippen molar-refractivity contribution in [2.75, 3.05) is 0 Å². The van der Waals surface area contributed by atoms with Crippen LogP contribution in [-0.2, 0) is 9.53 Å². The lowest BCUT2D eigenvalue weighted by atomic mass is 9.86. The van der Waals surface area contributed by atoms with Gasteiger partial charge in [0.15, 0.2) is 0 Å². The lowest BCUT2D eigenvalue weighted by molar-refractivity contribution is -0.137. The van der Waals surface area contributed by atoms with Crippen LogP contribution in [0.5, 0.6) is 0 Å². The number of carboxylic acids is 1. The van der Waals surface area contributed by atoms with Crippen LogP contribution in [0, 0.1) is 17.8 Å². The van der Waals surface area contributed by atoms with E-state index in [9.17, 15) is 18.7 Å². The van der Waals surface area contributed by atoms with Gasteiger partial charge in [0, 0.05) is 12.8 Å². The molecule has 0 aromatic rings. The van der Waals surface area contributed by atoms with Crippen LogP contribution >= 0.6 is 0 Å². The van der Waals surface area contributed by atoms with Crippen molar-refractivity contribution < 1.29 is 28.5 Å². The lowest BCUT2D eigenvalue weighted by Gasteiger charge is -2.22. The molecule has 1 saturated heterocycles. The Hall–Kier alpha value is -1.01. The van der Waals surface area contributed by atoms with Crippen molar-refractivity contribution in [1.82, 2.24) is 0 Å². The van der Waals surface area contributed by atoms with Gasteiger partial charge < -0.3 is 14.9 Å². The largest absolute Gasteiger partial charge is 0.481 e. The van der Waals surface area contributed by atoms with E-state index in [1.165, 1.54) is 6.08 Å². The van der Waals surface area contributed by atoms with Gasteiger partial charge in [-0.05, 0) is 49.9 Å². The van der Waals surface area contributed by atoms with Crippen molar-refractivity contribution >= 4 is 5.97 Å². The summed E-state index contributed by atoms with van der Waals surface area (Å²) in [6, 6.07) is 0. The van der Waals surface area contributed by atoms with E-state index in [1.54, 1.807) is 6.08 Å². The molecular weight excluding hydrogens is 354 g/mol. The molecule has 1 aliphatic carbocycles. The Morgan fingerprint density at radius 3 is 2.70 bits per heavy atom. The van der Waals surface area contributed by atoms with Gasteiger partial charge in [0.1, 0.15) is 6.10 Å².